The summed E-state index contributed by atoms with van der Waals surface area (Å²) in [6.07, 6.45) is 4.06. The summed E-state index contributed by atoms with van der Waals surface area (Å²) in [5.41, 5.74) is 0. The normalized spacial score (nSPS) is 10.1. The molecular formula is C10H16N2O2. The molecule has 0 saturated carbocycles. The molecule has 78 valence electrons. The highest BCUT2D eigenvalue weighted by molar-refractivity contribution is 5.77. The summed E-state index contributed by atoms with van der Waals surface area (Å²) >= 11 is 0. The summed E-state index contributed by atoms with van der Waals surface area (Å²) in [5, 5.41) is 8.31. The van der Waals surface area contributed by atoms with E-state index >= 15 is 0 Å². The van der Waals surface area contributed by atoms with Crippen LogP contribution in [0.1, 0.15) is 13.3 Å². The maximum Gasteiger partial charge on any atom is 0.248 e. The third-order valence-corrected chi connectivity index (χ3v) is 1.66. The van der Waals surface area contributed by atoms with Gasteiger partial charge in [0.25, 0.3) is 0 Å². The summed E-state index contributed by atoms with van der Waals surface area (Å²) in [6, 6.07) is 1.98. The second-order valence-corrected chi connectivity index (χ2v) is 2.81. The van der Waals surface area contributed by atoms with Crippen LogP contribution in [0.4, 0.5) is 0 Å². The van der Waals surface area contributed by atoms with Crippen LogP contribution in [0.2, 0.25) is 0 Å². The topological polar surface area (TPSA) is 53.3 Å². The van der Waals surface area contributed by atoms with Gasteiger partial charge in [0.2, 0.25) is 5.91 Å². The lowest BCUT2D eigenvalue weighted by atomic mass is 10.4. The summed E-state index contributed by atoms with van der Waals surface area (Å²) in [5.74, 6) is -0.0928. The fourth-order valence-corrected chi connectivity index (χ4v) is 0.763. The Labute approximate surface area is 84.8 Å². The van der Waals surface area contributed by atoms with Gasteiger partial charge in [-0.15, -0.1) is 0 Å². The van der Waals surface area contributed by atoms with Crippen LogP contribution in [-0.2, 0) is 9.53 Å². The molecule has 14 heavy (non-hydrogen) atoms. The van der Waals surface area contributed by atoms with Gasteiger partial charge < -0.3 is 9.64 Å². The predicted molar refractivity (Wildman–Crippen MR) is 53.5 cm³/mol. The number of nitrogens with zero attached hydrogens (tertiary/aromatic N) is 2. The van der Waals surface area contributed by atoms with Crippen molar-refractivity contribution in [3.8, 4) is 6.07 Å². The highest BCUT2D eigenvalue weighted by atomic mass is 16.5. The minimum absolute atomic E-state index is 0.0757. The number of hydrogen-bond donors (Lipinski definition) is 0. The number of carbonyl (C=O) groups excluding carboxylic acids is 1. The van der Waals surface area contributed by atoms with Crippen molar-refractivity contribution in [3.05, 3.63) is 12.2 Å². The molecule has 0 saturated heterocycles. The highest BCUT2D eigenvalue weighted by Crippen LogP contribution is 1.89. The van der Waals surface area contributed by atoms with Crippen molar-refractivity contribution < 1.29 is 9.53 Å². The summed E-state index contributed by atoms with van der Waals surface area (Å²) in [4.78, 5) is 12.8. The Hall–Kier alpha value is -1.34. The molecule has 0 N–H and O–H groups in total. The van der Waals surface area contributed by atoms with Gasteiger partial charge in [-0.3, -0.25) is 4.79 Å². The van der Waals surface area contributed by atoms with Crippen molar-refractivity contribution in [2.45, 2.75) is 13.3 Å². The van der Waals surface area contributed by atoms with Gasteiger partial charge in [0.05, 0.1) is 19.1 Å². The van der Waals surface area contributed by atoms with Crippen LogP contribution in [0.15, 0.2) is 12.2 Å². The third kappa shape index (κ3) is 6.21. The first-order valence-electron chi connectivity index (χ1n) is 4.52. The van der Waals surface area contributed by atoms with E-state index in [1.54, 1.807) is 7.05 Å². The lowest BCUT2D eigenvalue weighted by molar-refractivity contribution is -0.134. The molecule has 0 spiro atoms. The van der Waals surface area contributed by atoms with Crippen LogP contribution in [-0.4, -0.2) is 37.6 Å². The Morgan fingerprint density at radius 3 is 2.93 bits per heavy atom. The van der Waals surface area contributed by atoms with E-state index in [9.17, 15) is 4.79 Å². The molecule has 0 aliphatic heterocycles. The number of likely N-dealkylation sites (N-methyl/N-ethyl adjacent to an activating group) is 1. The fourth-order valence-electron chi connectivity index (χ4n) is 0.763. The molecule has 0 aromatic heterocycles. The standard InChI is InChI=1S/C10H16N2O2/c1-3-4-8-14-9-10(13)12(2)7-5-6-11/h3-4H,5,7-9H2,1-2H3. The zero-order chi connectivity index (χ0) is 10.8. The van der Waals surface area contributed by atoms with Gasteiger partial charge in [0.1, 0.15) is 6.61 Å². The second-order valence-electron chi connectivity index (χ2n) is 2.81. The van der Waals surface area contributed by atoms with Gasteiger partial charge in [0.15, 0.2) is 0 Å². The van der Waals surface area contributed by atoms with Crippen molar-refractivity contribution in [1.82, 2.24) is 4.90 Å². The molecule has 4 nitrogen and oxygen atoms in total. The molecule has 0 atom stereocenters. The van der Waals surface area contributed by atoms with Crippen molar-refractivity contribution in [1.29, 1.82) is 5.26 Å². The fraction of sp³-hybridized carbons (Fsp3) is 0.600. The number of ether oxygens (including phenoxy) is 1. The van der Waals surface area contributed by atoms with Gasteiger partial charge >= 0.3 is 0 Å². The molecule has 0 aliphatic carbocycles. The Balaban J connectivity index is 3.57. The lowest BCUT2D eigenvalue weighted by Crippen LogP contribution is -2.31. The number of hydrogen-bond acceptors (Lipinski definition) is 3. The maximum absolute atomic E-state index is 11.3. The average Bonchev–Trinajstić information content (AvgIpc) is 2.20. The largest absolute Gasteiger partial charge is 0.368 e. The van der Waals surface area contributed by atoms with Gasteiger partial charge in [-0.25, -0.2) is 0 Å². The zero-order valence-electron chi connectivity index (χ0n) is 8.69. The molecule has 0 heterocycles. The molecular weight excluding hydrogens is 180 g/mol. The van der Waals surface area contributed by atoms with Crippen molar-refractivity contribution in [2.24, 2.45) is 0 Å². The molecule has 0 bridgehead atoms. The molecule has 0 aromatic carbocycles. The molecule has 0 unspecified atom stereocenters. The lowest BCUT2D eigenvalue weighted by Gasteiger charge is -2.14. The van der Waals surface area contributed by atoms with E-state index in [2.05, 4.69) is 0 Å². The summed E-state index contributed by atoms with van der Waals surface area (Å²) < 4.78 is 5.08. The Morgan fingerprint density at radius 2 is 2.36 bits per heavy atom. The van der Waals surface area contributed by atoms with Crippen LogP contribution < -0.4 is 0 Å². The van der Waals surface area contributed by atoms with E-state index in [-0.39, 0.29) is 12.5 Å². The zero-order valence-corrected chi connectivity index (χ0v) is 8.69. The molecule has 0 radical (unpaired) electrons. The highest BCUT2D eigenvalue weighted by Gasteiger charge is 2.06. The number of carbonyl (C=O) groups is 1. The second kappa shape index (κ2) is 8.27. The van der Waals surface area contributed by atoms with Crippen molar-refractivity contribution >= 4 is 5.91 Å². The van der Waals surface area contributed by atoms with Crippen LogP contribution in [0.25, 0.3) is 0 Å². The van der Waals surface area contributed by atoms with E-state index in [0.717, 1.165) is 0 Å². The number of allylic oxidation sites excluding steroid dienone is 1. The maximum atomic E-state index is 11.3. The first-order chi connectivity index (χ1) is 6.72. The van der Waals surface area contributed by atoms with Gasteiger partial charge in [-0.05, 0) is 6.92 Å². The van der Waals surface area contributed by atoms with Gasteiger partial charge in [-0.2, -0.15) is 5.26 Å². The first kappa shape index (κ1) is 12.7. The molecule has 0 fully saturated rings. The minimum atomic E-state index is -0.0928. The Morgan fingerprint density at radius 1 is 1.64 bits per heavy atom. The quantitative estimate of drug-likeness (QED) is 0.469. The summed E-state index contributed by atoms with van der Waals surface area (Å²) in [7, 11) is 1.67. The third-order valence-electron chi connectivity index (χ3n) is 1.66. The SMILES string of the molecule is CC=CCOCC(=O)N(C)CCC#N. The van der Waals surface area contributed by atoms with E-state index < -0.39 is 0 Å². The predicted octanol–water partition coefficient (Wildman–Crippen LogP) is 0.951. The monoisotopic (exact) mass is 196 g/mol. The van der Waals surface area contributed by atoms with E-state index in [4.69, 9.17) is 10.00 Å². The van der Waals surface area contributed by atoms with Crippen LogP contribution >= 0.6 is 0 Å². The Kier molecular flexibility index (Phi) is 7.48. The van der Waals surface area contributed by atoms with E-state index in [1.807, 2.05) is 25.1 Å². The Bertz CT molecular complexity index is 231. The van der Waals surface area contributed by atoms with Gasteiger partial charge in [0, 0.05) is 13.6 Å². The summed E-state index contributed by atoms with van der Waals surface area (Å²) in [6.45, 7) is 2.88. The van der Waals surface area contributed by atoms with E-state index in [1.165, 1.54) is 4.90 Å². The number of nitriles is 1. The van der Waals surface area contributed by atoms with Crippen LogP contribution in [0.3, 0.4) is 0 Å². The minimum Gasteiger partial charge on any atom is -0.368 e. The molecule has 0 aromatic rings. The van der Waals surface area contributed by atoms with Crippen LogP contribution in [0.5, 0.6) is 0 Å². The number of rotatable bonds is 6. The molecule has 1 amide bonds. The van der Waals surface area contributed by atoms with E-state index in [0.29, 0.717) is 19.6 Å². The van der Waals surface area contributed by atoms with Crippen molar-refractivity contribution in [3.63, 3.8) is 0 Å². The average molecular weight is 196 g/mol. The molecule has 4 heteroatoms. The van der Waals surface area contributed by atoms with Crippen molar-refractivity contribution in [2.75, 3.05) is 26.8 Å². The molecule has 0 aliphatic rings. The smallest absolute Gasteiger partial charge is 0.248 e. The van der Waals surface area contributed by atoms with Crippen LogP contribution in [0, 0.1) is 11.3 Å². The molecule has 0 rings (SSSR count). The van der Waals surface area contributed by atoms with Gasteiger partial charge in [-0.1, -0.05) is 12.2 Å². The number of amides is 1. The first-order valence-corrected chi connectivity index (χ1v) is 4.52.